The predicted molar refractivity (Wildman–Crippen MR) is 112 cm³/mol. The van der Waals surface area contributed by atoms with E-state index in [2.05, 4.69) is 14.4 Å². The van der Waals surface area contributed by atoms with Gasteiger partial charge >= 0.3 is 6.36 Å². The highest BCUT2D eigenvalue weighted by molar-refractivity contribution is 7.92. The number of hydrogen-bond donors (Lipinski definition) is 1. The van der Waals surface area contributed by atoms with Gasteiger partial charge < -0.3 is 14.2 Å². The van der Waals surface area contributed by atoms with Crippen LogP contribution in [0.2, 0.25) is 5.02 Å². The average Bonchev–Trinajstić information content (AvgIpc) is 2.73. The molecule has 0 saturated carbocycles. The Labute approximate surface area is 186 Å². The first kappa shape index (κ1) is 23.5. The minimum absolute atomic E-state index is 0.00157. The van der Waals surface area contributed by atoms with Crippen LogP contribution in [0.25, 0.3) is 11.1 Å². The van der Waals surface area contributed by atoms with Gasteiger partial charge in [0.15, 0.2) is 0 Å². The first-order chi connectivity index (χ1) is 15.0. The molecule has 0 atom stereocenters. The van der Waals surface area contributed by atoms with Gasteiger partial charge in [-0.2, -0.15) is 0 Å². The molecule has 0 fully saturated rings. The molecule has 0 spiro atoms. The lowest BCUT2D eigenvalue weighted by atomic mass is 10.1. The van der Waals surface area contributed by atoms with E-state index in [0.29, 0.717) is 22.6 Å². The summed E-state index contributed by atoms with van der Waals surface area (Å²) >= 11 is 5.79. The highest BCUT2D eigenvalue weighted by atomic mass is 35.5. The zero-order chi connectivity index (χ0) is 23.5. The number of ether oxygens (including phenoxy) is 3. The molecule has 1 N–H and O–H groups in total. The molecule has 0 saturated heterocycles. The van der Waals surface area contributed by atoms with Crippen molar-refractivity contribution in [3.63, 3.8) is 0 Å². The quantitative estimate of drug-likeness (QED) is 0.497. The molecule has 3 aromatic rings. The molecule has 0 aliphatic carbocycles. The maximum Gasteiger partial charge on any atom is 0.573 e. The van der Waals surface area contributed by atoms with Crippen LogP contribution in [0.15, 0.2) is 59.8 Å². The Balaban J connectivity index is 1.98. The summed E-state index contributed by atoms with van der Waals surface area (Å²) in [6.45, 7) is 0. The van der Waals surface area contributed by atoms with E-state index >= 15 is 0 Å². The molecule has 0 radical (unpaired) electrons. The lowest BCUT2D eigenvalue weighted by Crippen LogP contribution is -2.21. The molecule has 3 rings (SSSR count). The Morgan fingerprint density at radius 2 is 1.72 bits per heavy atom. The van der Waals surface area contributed by atoms with E-state index in [1.807, 2.05) is 0 Å². The van der Waals surface area contributed by atoms with E-state index in [-0.39, 0.29) is 10.7 Å². The molecular weight excluding hydrogens is 473 g/mol. The van der Waals surface area contributed by atoms with Crippen LogP contribution in [-0.2, 0) is 10.0 Å². The van der Waals surface area contributed by atoms with Gasteiger partial charge in [-0.3, -0.25) is 9.71 Å². The van der Waals surface area contributed by atoms with Crippen LogP contribution in [0.5, 0.6) is 17.2 Å². The summed E-state index contributed by atoms with van der Waals surface area (Å²) in [4.78, 5) is 3.22. The molecule has 1 aromatic heterocycles. The topological polar surface area (TPSA) is 86.8 Å². The molecule has 0 unspecified atom stereocenters. The Morgan fingerprint density at radius 3 is 2.38 bits per heavy atom. The van der Waals surface area contributed by atoms with Crippen LogP contribution in [0.3, 0.4) is 0 Å². The molecule has 0 aliphatic heterocycles. The van der Waals surface area contributed by atoms with Gasteiger partial charge in [-0.15, -0.1) is 13.2 Å². The summed E-state index contributed by atoms with van der Waals surface area (Å²) in [6.07, 6.45) is -2.42. The van der Waals surface area contributed by atoms with Crippen molar-refractivity contribution in [3.8, 4) is 28.4 Å². The molecular formula is C20H16ClF3N2O5S. The summed E-state index contributed by atoms with van der Waals surface area (Å²) in [5.74, 6) is 0.0748. The molecule has 1 heterocycles. The number of aromatic nitrogens is 1. The van der Waals surface area contributed by atoms with Crippen LogP contribution >= 0.6 is 11.6 Å². The Morgan fingerprint density at radius 1 is 0.969 bits per heavy atom. The van der Waals surface area contributed by atoms with Crippen molar-refractivity contribution in [2.24, 2.45) is 0 Å². The number of pyridine rings is 1. The van der Waals surface area contributed by atoms with Crippen LogP contribution in [0.4, 0.5) is 18.9 Å². The maximum absolute atomic E-state index is 12.8. The van der Waals surface area contributed by atoms with E-state index in [9.17, 15) is 21.6 Å². The average molecular weight is 489 g/mol. The minimum atomic E-state index is -5.09. The largest absolute Gasteiger partial charge is 0.573 e. The number of alkyl halides is 3. The fourth-order valence-corrected chi connectivity index (χ4v) is 4.22. The monoisotopic (exact) mass is 488 g/mol. The smallest absolute Gasteiger partial charge is 0.497 e. The lowest BCUT2D eigenvalue weighted by molar-refractivity contribution is -0.275. The fourth-order valence-electron chi connectivity index (χ4n) is 2.79. The van der Waals surface area contributed by atoms with Crippen molar-refractivity contribution >= 4 is 27.3 Å². The zero-order valence-electron chi connectivity index (χ0n) is 16.6. The first-order valence-corrected chi connectivity index (χ1v) is 10.6. The van der Waals surface area contributed by atoms with E-state index < -0.39 is 27.0 Å². The van der Waals surface area contributed by atoms with Crippen molar-refractivity contribution in [3.05, 3.63) is 59.9 Å². The van der Waals surface area contributed by atoms with Gasteiger partial charge in [-0.1, -0.05) is 11.6 Å². The Kier molecular flexibility index (Phi) is 6.70. The van der Waals surface area contributed by atoms with Gasteiger partial charge in [0.05, 0.1) is 26.1 Å². The summed E-state index contributed by atoms with van der Waals surface area (Å²) in [6, 6.07) is 9.22. The van der Waals surface area contributed by atoms with Gasteiger partial charge in [0.25, 0.3) is 10.0 Å². The van der Waals surface area contributed by atoms with Crippen LogP contribution in [-0.4, -0.2) is 34.0 Å². The van der Waals surface area contributed by atoms with Gasteiger partial charge in [-0.05, 0) is 36.4 Å². The highest BCUT2D eigenvalue weighted by Crippen LogP contribution is 2.35. The number of nitrogens with zero attached hydrogens (tertiary/aromatic N) is 1. The van der Waals surface area contributed by atoms with E-state index in [1.54, 1.807) is 18.2 Å². The molecule has 7 nitrogen and oxygen atoms in total. The molecule has 170 valence electrons. The molecule has 0 aliphatic rings. The van der Waals surface area contributed by atoms with E-state index in [1.165, 1.54) is 32.7 Å². The van der Waals surface area contributed by atoms with Crippen LogP contribution in [0.1, 0.15) is 0 Å². The maximum atomic E-state index is 12.8. The fraction of sp³-hybridized carbons (Fsp3) is 0.150. The third-order valence-corrected chi connectivity index (χ3v) is 5.77. The van der Waals surface area contributed by atoms with E-state index in [4.69, 9.17) is 21.1 Å². The van der Waals surface area contributed by atoms with Crippen molar-refractivity contribution < 1.29 is 35.8 Å². The zero-order valence-corrected chi connectivity index (χ0v) is 18.2. The SMILES string of the molecule is COc1ccc(-c2cncc(NS(=O)(=O)c3cc(Cl)ccc3OC(F)(F)F)c2)c(OC)c1. The number of methoxy groups -OCH3 is 2. The number of nitrogens with one attached hydrogen (secondary N) is 1. The number of halogens is 4. The second-order valence-electron chi connectivity index (χ2n) is 6.27. The molecule has 2 aromatic carbocycles. The molecule has 0 bridgehead atoms. The van der Waals surface area contributed by atoms with Crippen molar-refractivity contribution in [2.45, 2.75) is 11.3 Å². The molecule has 32 heavy (non-hydrogen) atoms. The first-order valence-electron chi connectivity index (χ1n) is 8.78. The van der Waals surface area contributed by atoms with Crippen LogP contribution < -0.4 is 18.9 Å². The summed E-state index contributed by atoms with van der Waals surface area (Å²) in [5, 5.41) is -0.0882. The Hall–Kier alpha value is -3.18. The van der Waals surface area contributed by atoms with Crippen molar-refractivity contribution in [1.29, 1.82) is 0 Å². The summed E-state index contributed by atoms with van der Waals surface area (Å²) in [5.41, 5.74) is 1.08. The highest BCUT2D eigenvalue weighted by Gasteiger charge is 2.34. The molecule has 0 amide bonds. The number of sulfonamides is 1. The van der Waals surface area contributed by atoms with Crippen molar-refractivity contribution in [1.82, 2.24) is 4.98 Å². The Bertz CT molecular complexity index is 1240. The van der Waals surface area contributed by atoms with Gasteiger partial charge in [0.2, 0.25) is 0 Å². The second kappa shape index (κ2) is 9.13. The standard InChI is InChI=1S/C20H16ClF3N2O5S/c1-29-15-4-5-16(18(9-15)30-2)12-7-14(11-25-10-12)26-32(27,28)19-8-13(21)3-6-17(19)31-20(22,23)24/h3-11,26H,1-2H3. The summed E-state index contributed by atoms with van der Waals surface area (Å²) in [7, 11) is -1.56. The number of anilines is 1. The number of rotatable bonds is 7. The van der Waals surface area contributed by atoms with Gasteiger partial charge in [0, 0.05) is 28.4 Å². The predicted octanol–water partition coefficient (Wildman–Crippen LogP) is 5.12. The minimum Gasteiger partial charge on any atom is -0.497 e. The van der Waals surface area contributed by atoms with Crippen LogP contribution in [0, 0.1) is 0 Å². The summed E-state index contributed by atoms with van der Waals surface area (Å²) < 4.78 is 80.3. The lowest BCUT2D eigenvalue weighted by Gasteiger charge is -2.15. The number of benzene rings is 2. The normalized spacial score (nSPS) is 11.7. The van der Waals surface area contributed by atoms with Gasteiger partial charge in [0.1, 0.15) is 22.1 Å². The third kappa shape index (κ3) is 5.54. The third-order valence-electron chi connectivity index (χ3n) is 4.13. The van der Waals surface area contributed by atoms with E-state index in [0.717, 1.165) is 18.2 Å². The molecule has 12 heteroatoms. The van der Waals surface area contributed by atoms with Crippen molar-refractivity contribution in [2.75, 3.05) is 18.9 Å². The van der Waals surface area contributed by atoms with Gasteiger partial charge in [-0.25, -0.2) is 8.42 Å². The second-order valence-corrected chi connectivity index (χ2v) is 8.36. The number of hydrogen-bond acceptors (Lipinski definition) is 6.